The Morgan fingerprint density at radius 2 is 2.05 bits per heavy atom. The quantitative estimate of drug-likeness (QED) is 0.807. The molecule has 0 aliphatic heterocycles. The zero-order chi connectivity index (χ0) is 16.8. The van der Waals surface area contributed by atoms with Gasteiger partial charge in [-0.2, -0.15) is 5.26 Å². The summed E-state index contributed by atoms with van der Waals surface area (Å²) >= 11 is 0. The van der Waals surface area contributed by atoms with Gasteiger partial charge in [0.1, 0.15) is 23.5 Å². The molecule has 0 fully saturated rings. The fraction of sp³-hybridized carbons (Fsp3) is 0.400. The summed E-state index contributed by atoms with van der Waals surface area (Å²) in [6, 6.07) is 5.95. The second kappa shape index (κ2) is 7.31. The first kappa shape index (κ1) is 17.3. The highest BCUT2D eigenvalue weighted by Gasteiger charge is 2.16. The maximum absolute atomic E-state index is 11.4. The molecule has 1 rings (SSSR count). The molecule has 1 aromatic carbocycles. The number of ether oxygens (including phenoxy) is 2. The monoisotopic (exact) mass is 306 g/mol. The summed E-state index contributed by atoms with van der Waals surface area (Å²) in [6.07, 6.45) is -0.583. The van der Waals surface area contributed by atoms with Gasteiger partial charge < -0.3 is 19.9 Å². The molecule has 118 valence electrons. The number of aromatic carboxylic acids is 1. The number of benzene rings is 1. The lowest BCUT2D eigenvalue weighted by atomic mass is 10.1. The summed E-state index contributed by atoms with van der Waals surface area (Å²) in [5, 5.41) is 20.4. The number of nitrogens with one attached hydrogen (secondary N) is 1. The van der Waals surface area contributed by atoms with E-state index < -0.39 is 17.7 Å². The zero-order valence-corrected chi connectivity index (χ0v) is 12.7. The maximum atomic E-state index is 11.4. The van der Waals surface area contributed by atoms with Crippen LogP contribution in [0.1, 0.15) is 36.7 Å². The molecule has 0 unspecified atom stereocenters. The topological polar surface area (TPSA) is 109 Å². The van der Waals surface area contributed by atoms with Crippen LogP contribution >= 0.6 is 0 Å². The van der Waals surface area contributed by atoms with E-state index in [0.717, 1.165) is 0 Å². The highest BCUT2D eigenvalue weighted by atomic mass is 16.6. The lowest BCUT2D eigenvalue weighted by Gasteiger charge is -2.19. The average molecular weight is 306 g/mol. The molecule has 0 atom stereocenters. The van der Waals surface area contributed by atoms with Gasteiger partial charge in [0.25, 0.3) is 0 Å². The van der Waals surface area contributed by atoms with Gasteiger partial charge in [-0.1, -0.05) is 0 Å². The Morgan fingerprint density at radius 3 is 2.59 bits per heavy atom. The minimum absolute atomic E-state index is 0.0451. The van der Waals surface area contributed by atoms with Gasteiger partial charge in [0.05, 0.1) is 18.2 Å². The van der Waals surface area contributed by atoms with Gasteiger partial charge in [0.15, 0.2) is 0 Å². The third-order valence-corrected chi connectivity index (χ3v) is 2.37. The fourth-order valence-corrected chi connectivity index (χ4v) is 1.52. The molecule has 7 nitrogen and oxygen atoms in total. The highest BCUT2D eigenvalue weighted by Crippen LogP contribution is 2.20. The number of carboxylic acids is 1. The molecule has 0 aliphatic carbocycles. The number of alkyl carbamates (subject to hydrolysis) is 1. The lowest BCUT2D eigenvalue weighted by molar-refractivity contribution is 0.0518. The molecule has 0 saturated heterocycles. The van der Waals surface area contributed by atoms with Crippen LogP contribution in [0.5, 0.6) is 5.75 Å². The Kier molecular flexibility index (Phi) is 5.75. The molecule has 0 bridgehead atoms. The Labute approximate surface area is 128 Å². The molecule has 0 radical (unpaired) electrons. The molecule has 0 heterocycles. The van der Waals surface area contributed by atoms with Crippen LogP contribution in [0.3, 0.4) is 0 Å². The number of nitriles is 1. The molecule has 0 saturated carbocycles. The van der Waals surface area contributed by atoms with Crippen LogP contribution in [-0.2, 0) is 4.74 Å². The number of carbonyl (C=O) groups is 2. The Morgan fingerprint density at radius 1 is 1.36 bits per heavy atom. The first-order valence-corrected chi connectivity index (χ1v) is 6.60. The van der Waals surface area contributed by atoms with Crippen LogP contribution < -0.4 is 10.1 Å². The highest BCUT2D eigenvalue weighted by molar-refractivity contribution is 5.91. The first-order valence-electron chi connectivity index (χ1n) is 6.60. The smallest absolute Gasteiger partial charge is 0.407 e. The fourth-order valence-electron chi connectivity index (χ4n) is 1.52. The Hall–Kier alpha value is -2.75. The van der Waals surface area contributed by atoms with Crippen LogP contribution in [0.25, 0.3) is 0 Å². The second-order valence-electron chi connectivity index (χ2n) is 5.41. The number of rotatable bonds is 5. The lowest BCUT2D eigenvalue weighted by Crippen LogP contribution is -2.34. The van der Waals surface area contributed by atoms with Crippen LogP contribution in [0.2, 0.25) is 0 Å². The molecule has 1 aromatic rings. The maximum Gasteiger partial charge on any atom is 0.407 e. The van der Waals surface area contributed by atoms with Crippen molar-refractivity contribution in [2.75, 3.05) is 13.2 Å². The molecule has 0 spiro atoms. The van der Waals surface area contributed by atoms with Crippen molar-refractivity contribution in [2.45, 2.75) is 26.4 Å². The number of nitrogens with zero attached hydrogens (tertiary/aromatic N) is 1. The van der Waals surface area contributed by atoms with Crippen molar-refractivity contribution in [3.63, 3.8) is 0 Å². The van der Waals surface area contributed by atoms with E-state index >= 15 is 0 Å². The van der Waals surface area contributed by atoms with Crippen molar-refractivity contribution >= 4 is 12.1 Å². The first-order chi connectivity index (χ1) is 10.2. The van der Waals surface area contributed by atoms with Crippen molar-refractivity contribution in [2.24, 2.45) is 0 Å². The Bertz CT molecular complexity index is 599. The van der Waals surface area contributed by atoms with Gasteiger partial charge in [0.2, 0.25) is 0 Å². The van der Waals surface area contributed by atoms with E-state index in [1.54, 1.807) is 20.8 Å². The molecule has 0 aliphatic rings. The molecule has 1 amide bonds. The third kappa shape index (κ3) is 5.71. The van der Waals surface area contributed by atoms with Crippen LogP contribution in [0.4, 0.5) is 4.79 Å². The number of hydrogen-bond acceptors (Lipinski definition) is 5. The van der Waals surface area contributed by atoms with E-state index in [0.29, 0.717) is 5.56 Å². The Balaban J connectivity index is 2.56. The van der Waals surface area contributed by atoms with E-state index in [1.807, 2.05) is 6.07 Å². The van der Waals surface area contributed by atoms with Crippen molar-refractivity contribution in [3.8, 4) is 11.8 Å². The molecule has 0 aromatic heterocycles. The summed E-state index contributed by atoms with van der Waals surface area (Å²) in [4.78, 5) is 22.5. The SMILES string of the molecule is CC(C)(C)OC(=O)NCCOc1cc(C#N)ccc1C(=O)O. The minimum atomic E-state index is -1.15. The number of amides is 1. The summed E-state index contributed by atoms with van der Waals surface area (Å²) in [6.45, 7) is 5.43. The standard InChI is InChI=1S/C15H18N2O5/c1-15(2,3)22-14(20)17-6-7-21-12-8-10(9-16)4-5-11(12)13(18)19/h4-5,8H,6-7H2,1-3H3,(H,17,20)(H,18,19). The van der Waals surface area contributed by atoms with Gasteiger partial charge in [-0.15, -0.1) is 0 Å². The minimum Gasteiger partial charge on any atom is -0.491 e. The summed E-state index contributed by atoms with van der Waals surface area (Å²) in [5.74, 6) is -1.07. The zero-order valence-electron chi connectivity index (χ0n) is 12.7. The average Bonchev–Trinajstić information content (AvgIpc) is 2.41. The van der Waals surface area contributed by atoms with E-state index in [-0.39, 0.29) is 24.5 Å². The summed E-state index contributed by atoms with van der Waals surface area (Å²) in [7, 11) is 0. The predicted molar refractivity (Wildman–Crippen MR) is 77.8 cm³/mol. The van der Waals surface area contributed by atoms with Crippen LogP contribution in [0.15, 0.2) is 18.2 Å². The van der Waals surface area contributed by atoms with Gasteiger partial charge in [-0.25, -0.2) is 9.59 Å². The van der Waals surface area contributed by atoms with Gasteiger partial charge in [0, 0.05) is 0 Å². The number of carboxylic acid groups (broad SMARTS) is 1. The summed E-state index contributed by atoms with van der Waals surface area (Å²) < 4.78 is 10.4. The molecular formula is C15H18N2O5. The van der Waals surface area contributed by atoms with E-state index in [4.69, 9.17) is 19.8 Å². The molecule has 22 heavy (non-hydrogen) atoms. The normalized spacial score (nSPS) is 10.5. The van der Waals surface area contributed by atoms with Gasteiger partial charge >= 0.3 is 12.1 Å². The summed E-state index contributed by atoms with van der Waals surface area (Å²) in [5.41, 5.74) is -0.348. The van der Waals surface area contributed by atoms with Crippen molar-refractivity contribution in [1.29, 1.82) is 5.26 Å². The molecule has 7 heteroatoms. The van der Waals surface area contributed by atoms with E-state index in [2.05, 4.69) is 5.32 Å². The van der Waals surface area contributed by atoms with Crippen molar-refractivity contribution in [3.05, 3.63) is 29.3 Å². The van der Waals surface area contributed by atoms with Crippen molar-refractivity contribution in [1.82, 2.24) is 5.32 Å². The van der Waals surface area contributed by atoms with E-state index in [1.165, 1.54) is 18.2 Å². The van der Waals surface area contributed by atoms with Crippen LogP contribution in [0, 0.1) is 11.3 Å². The molecular weight excluding hydrogens is 288 g/mol. The van der Waals surface area contributed by atoms with Gasteiger partial charge in [-0.3, -0.25) is 0 Å². The van der Waals surface area contributed by atoms with E-state index in [9.17, 15) is 9.59 Å². The van der Waals surface area contributed by atoms with Gasteiger partial charge in [-0.05, 0) is 39.0 Å². The van der Waals surface area contributed by atoms with Crippen molar-refractivity contribution < 1.29 is 24.2 Å². The number of carbonyl (C=O) groups excluding carboxylic acids is 1. The predicted octanol–water partition coefficient (Wildman–Crippen LogP) is 2.16. The third-order valence-electron chi connectivity index (χ3n) is 2.37. The van der Waals surface area contributed by atoms with Crippen LogP contribution in [-0.4, -0.2) is 35.9 Å². The second-order valence-corrected chi connectivity index (χ2v) is 5.41. The largest absolute Gasteiger partial charge is 0.491 e. The number of hydrogen-bond donors (Lipinski definition) is 2. The molecule has 2 N–H and O–H groups in total.